The zero-order valence-corrected chi connectivity index (χ0v) is 15.0. The lowest BCUT2D eigenvalue weighted by molar-refractivity contribution is -0.125. The van der Waals surface area contributed by atoms with Crippen LogP contribution in [0.4, 0.5) is 5.69 Å². The summed E-state index contributed by atoms with van der Waals surface area (Å²) in [6.45, 7) is 3.91. The highest BCUT2D eigenvalue weighted by atomic mass is 16.5. The Labute approximate surface area is 149 Å². The van der Waals surface area contributed by atoms with Crippen molar-refractivity contribution in [2.24, 2.45) is 0 Å². The first-order chi connectivity index (χ1) is 12.0. The van der Waals surface area contributed by atoms with Gasteiger partial charge in [-0.1, -0.05) is 6.92 Å². The molecule has 1 fully saturated rings. The topological polar surface area (TPSA) is 73.2 Å². The molecular formula is C19H28N2O4. The zero-order valence-electron chi connectivity index (χ0n) is 15.0. The number of hydrogen-bond acceptors (Lipinski definition) is 5. The first-order valence-electron chi connectivity index (χ1n) is 9.11. The zero-order chi connectivity index (χ0) is 18.0. The van der Waals surface area contributed by atoms with Crippen molar-refractivity contribution < 1.29 is 19.7 Å². The largest absolute Gasteiger partial charge is 0.388 e. The third kappa shape index (κ3) is 3.66. The van der Waals surface area contributed by atoms with E-state index < -0.39 is 18.2 Å². The van der Waals surface area contributed by atoms with Crippen LogP contribution in [0.3, 0.4) is 0 Å². The number of aliphatic hydroxyl groups is 2. The number of carbonyl (C=O) groups is 1. The minimum Gasteiger partial charge on any atom is -0.388 e. The van der Waals surface area contributed by atoms with Crippen LogP contribution < -0.4 is 4.90 Å². The van der Waals surface area contributed by atoms with Crippen molar-refractivity contribution in [2.45, 2.75) is 44.4 Å². The van der Waals surface area contributed by atoms with E-state index in [2.05, 4.69) is 11.9 Å². The van der Waals surface area contributed by atoms with Crippen LogP contribution in [-0.2, 0) is 11.2 Å². The smallest absolute Gasteiger partial charge is 0.254 e. The summed E-state index contributed by atoms with van der Waals surface area (Å²) in [5.41, 5.74) is 3.01. The number of ether oxygens (including phenoxy) is 1. The molecule has 6 nitrogen and oxygen atoms in total. The highest BCUT2D eigenvalue weighted by Crippen LogP contribution is 2.28. The summed E-state index contributed by atoms with van der Waals surface area (Å²) < 4.78 is 5.37. The van der Waals surface area contributed by atoms with Gasteiger partial charge in [-0.05, 0) is 43.0 Å². The maximum absolute atomic E-state index is 13.1. The normalized spacial score (nSPS) is 26.2. The van der Waals surface area contributed by atoms with Gasteiger partial charge in [-0.15, -0.1) is 0 Å². The summed E-state index contributed by atoms with van der Waals surface area (Å²) in [6, 6.07) is 5.32. The highest BCUT2D eigenvalue weighted by Gasteiger charge is 2.37. The molecule has 0 spiro atoms. The molecular weight excluding hydrogens is 320 g/mol. The molecule has 2 N–H and O–H groups in total. The van der Waals surface area contributed by atoms with Gasteiger partial charge in [0.2, 0.25) is 0 Å². The highest BCUT2D eigenvalue weighted by molar-refractivity contribution is 5.95. The molecule has 0 unspecified atom stereocenters. The number of nitrogens with zero attached hydrogens (tertiary/aromatic N) is 2. The fourth-order valence-corrected chi connectivity index (χ4v) is 3.78. The predicted molar refractivity (Wildman–Crippen MR) is 96.0 cm³/mol. The molecule has 25 heavy (non-hydrogen) atoms. The average molecular weight is 348 g/mol. The summed E-state index contributed by atoms with van der Waals surface area (Å²) in [5.74, 6) is -0.111. The Kier molecular flexibility index (Phi) is 5.61. The SMILES string of the molecule is CCCN(C(=O)c1ccc2c(c1)CCCN2C)[C@@H]1COC[C@@H](O)[C@H]1O. The monoisotopic (exact) mass is 348 g/mol. The van der Waals surface area contributed by atoms with Gasteiger partial charge in [-0.2, -0.15) is 0 Å². The fourth-order valence-electron chi connectivity index (χ4n) is 3.78. The minimum atomic E-state index is -0.979. The summed E-state index contributed by atoms with van der Waals surface area (Å²) >= 11 is 0. The van der Waals surface area contributed by atoms with Crippen molar-refractivity contribution in [3.05, 3.63) is 29.3 Å². The summed E-state index contributed by atoms with van der Waals surface area (Å²) in [7, 11) is 2.07. The Bertz CT molecular complexity index is 621. The molecule has 0 bridgehead atoms. The second-order valence-corrected chi connectivity index (χ2v) is 7.03. The maximum atomic E-state index is 13.1. The van der Waals surface area contributed by atoms with Crippen molar-refractivity contribution in [1.82, 2.24) is 4.90 Å². The molecule has 138 valence electrons. The standard InChI is InChI=1S/C19H28N2O4/c1-3-8-21(16-11-25-12-17(22)18(16)23)19(24)14-6-7-15-13(10-14)5-4-9-20(15)2/h6-7,10,16-18,22-23H,3-5,8-9,11-12H2,1-2H3/t16-,17-,18+/m1/s1. The van der Waals surface area contributed by atoms with Crippen molar-refractivity contribution in [3.8, 4) is 0 Å². The number of hydrogen-bond donors (Lipinski definition) is 2. The van der Waals surface area contributed by atoms with Gasteiger partial charge >= 0.3 is 0 Å². The van der Waals surface area contributed by atoms with Crippen LogP contribution in [0.25, 0.3) is 0 Å². The molecule has 2 aliphatic rings. The van der Waals surface area contributed by atoms with E-state index in [1.807, 2.05) is 25.1 Å². The quantitative estimate of drug-likeness (QED) is 0.851. The van der Waals surface area contributed by atoms with Crippen LogP contribution in [0.5, 0.6) is 0 Å². The van der Waals surface area contributed by atoms with E-state index in [-0.39, 0.29) is 19.1 Å². The Hall–Kier alpha value is -1.63. The van der Waals surface area contributed by atoms with Gasteiger partial charge in [0.05, 0.1) is 19.3 Å². The Morgan fingerprint density at radius 1 is 1.36 bits per heavy atom. The molecule has 1 aromatic carbocycles. The molecule has 0 saturated carbocycles. The first kappa shape index (κ1) is 18.2. The van der Waals surface area contributed by atoms with E-state index in [1.165, 1.54) is 11.3 Å². The second kappa shape index (κ2) is 7.72. The van der Waals surface area contributed by atoms with Crippen LogP contribution in [0.1, 0.15) is 35.7 Å². The van der Waals surface area contributed by atoms with Crippen LogP contribution >= 0.6 is 0 Å². The number of rotatable bonds is 4. The molecule has 1 amide bonds. The van der Waals surface area contributed by atoms with Gasteiger partial charge in [-0.3, -0.25) is 4.79 Å². The molecule has 1 aromatic rings. The Morgan fingerprint density at radius 3 is 2.92 bits per heavy atom. The number of amides is 1. The van der Waals surface area contributed by atoms with Gasteiger partial charge < -0.3 is 24.7 Å². The number of fused-ring (bicyclic) bond motifs is 1. The van der Waals surface area contributed by atoms with Gasteiger partial charge in [0, 0.05) is 31.4 Å². The lowest BCUT2D eigenvalue weighted by atomic mass is 9.97. The average Bonchev–Trinajstić information content (AvgIpc) is 2.62. The number of anilines is 1. The van der Waals surface area contributed by atoms with Gasteiger partial charge in [0.15, 0.2) is 0 Å². The third-order valence-corrected chi connectivity index (χ3v) is 5.17. The Balaban J connectivity index is 1.85. The van der Waals surface area contributed by atoms with E-state index in [9.17, 15) is 15.0 Å². The van der Waals surface area contributed by atoms with Gasteiger partial charge in [0.25, 0.3) is 5.91 Å². The Morgan fingerprint density at radius 2 is 2.16 bits per heavy atom. The van der Waals surface area contributed by atoms with Gasteiger partial charge in [-0.25, -0.2) is 0 Å². The number of carbonyl (C=O) groups excluding carboxylic acids is 1. The summed E-state index contributed by atoms with van der Waals surface area (Å²) in [5, 5.41) is 20.2. The van der Waals surface area contributed by atoms with E-state index in [0.29, 0.717) is 12.1 Å². The molecule has 0 aliphatic carbocycles. The fraction of sp³-hybridized carbons (Fsp3) is 0.632. The number of aliphatic hydroxyl groups excluding tert-OH is 2. The lowest BCUT2D eigenvalue weighted by Crippen LogP contribution is -2.57. The molecule has 3 rings (SSSR count). The molecule has 0 aromatic heterocycles. The molecule has 3 atom stereocenters. The third-order valence-electron chi connectivity index (χ3n) is 5.17. The van der Waals surface area contributed by atoms with E-state index in [0.717, 1.165) is 25.8 Å². The molecule has 2 heterocycles. The van der Waals surface area contributed by atoms with Crippen molar-refractivity contribution >= 4 is 11.6 Å². The second-order valence-electron chi connectivity index (χ2n) is 7.03. The summed E-state index contributed by atoms with van der Waals surface area (Å²) in [4.78, 5) is 17.0. The number of aryl methyl sites for hydroxylation is 1. The summed E-state index contributed by atoms with van der Waals surface area (Å²) in [6.07, 6.45) is 0.902. The van der Waals surface area contributed by atoms with E-state index >= 15 is 0 Å². The van der Waals surface area contributed by atoms with E-state index in [1.54, 1.807) is 4.90 Å². The van der Waals surface area contributed by atoms with E-state index in [4.69, 9.17) is 4.74 Å². The van der Waals surface area contributed by atoms with Crippen molar-refractivity contribution in [1.29, 1.82) is 0 Å². The van der Waals surface area contributed by atoms with Gasteiger partial charge in [0.1, 0.15) is 12.2 Å². The minimum absolute atomic E-state index is 0.108. The van der Waals surface area contributed by atoms with Crippen LogP contribution in [0, 0.1) is 0 Å². The lowest BCUT2D eigenvalue weighted by Gasteiger charge is -2.39. The van der Waals surface area contributed by atoms with Crippen LogP contribution in [0.2, 0.25) is 0 Å². The first-order valence-corrected chi connectivity index (χ1v) is 9.11. The van der Waals surface area contributed by atoms with Crippen LogP contribution in [0.15, 0.2) is 18.2 Å². The van der Waals surface area contributed by atoms with Crippen LogP contribution in [-0.4, -0.2) is 72.6 Å². The van der Waals surface area contributed by atoms with Crippen molar-refractivity contribution in [3.63, 3.8) is 0 Å². The number of benzene rings is 1. The molecule has 0 radical (unpaired) electrons. The predicted octanol–water partition coefficient (Wildman–Crippen LogP) is 1.04. The maximum Gasteiger partial charge on any atom is 0.254 e. The molecule has 6 heteroatoms. The molecule has 1 saturated heterocycles. The van der Waals surface area contributed by atoms with Crippen molar-refractivity contribution in [2.75, 3.05) is 38.3 Å². The molecule has 2 aliphatic heterocycles.